The number of aromatic nitrogens is 4. The maximum atomic E-state index is 4.50. The van der Waals surface area contributed by atoms with E-state index in [0.29, 0.717) is 0 Å². The van der Waals surface area contributed by atoms with E-state index in [2.05, 4.69) is 32.5 Å². The van der Waals surface area contributed by atoms with Crippen LogP contribution in [0.3, 0.4) is 0 Å². The van der Waals surface area contributed by atoms with Crippen LogP contribution in [0.25, 0.3) is 11.0 Å². The van der Waals surface area contributed by atoms with Crippen molar-refractivity contribution in [3.05, 3.63) is 47.0 Å². The van der Waals surface area contributed by atoms with Crippen molar-refractivity contribution in [2.24, 2.45) is 7.05 Å². The largest absolute Gasteiger partial charge is 0.379 e. The van der Waals surface area contributed by atoms with Crippen molar-refractivity contribution in [2.45, 2.75) is 27.3 Å². The molecule has 3 heterocycles. The fourth-order valence-electron chi connectivity index (χ4n) is 2.52. The van der Waals surface area contributed by atoms with Gasteiger partial charge >= 0.3 is 0 Å². The van der Waals surface area contributed by atoms with Gasteiger partial charge in [0.1, 0.15) is 0 Å². The fourth-order valence-corrected chi connectivity index (χ4v) is 2.52. The van der Waals surface area contributed by atoms with E-state index in [4.69, 9.17) is 0 Å². The predicted molar refractivity (Wildman–Crippen MR) is 84.3 cm³/mol. The number of fused-ring (bicyclic) bond motifs is 1. The Kier molecular flexibility index (Phi) is 3.33. The molecule has 3 aromatic heterocycles. The Morgan fingerprint density at radius 2 is 1.95 bits per heavy atom. The highest BCUT2D eigenvalue weighted by atomic mass is 15.3. The number of nitrogens with zero attached hydrogens (tertiary/aromatic N) is 4. The van der Waals surface area contributed by atoms with E-state index in [1.807, 2.05) is 44.8 Å². The summed E-state index contributed by atoms with van der Waals surface area (Å²) >= 11 is 0. The summed E-state index contributed by atoms with van der Waals surface area (Å²) in [5, 5.41) is 8.92. The highest BCUT2D eigenvalue weighted by Crippen LogP contribution is 2.18. The Balaban J connectivity index is 1.83. The van der Waals surface area contributed by atoms with Gasteiger partial charge in [0.05, 0.1) is 17.1 Å². The van der Waals surface area contributed by atoms with E-state index >= 15 is 0 Å². The number of nitrogens with one attached hydrogen (secondary N) is 1. The molecular formula is C16H19N5. The van der Waals surface area contributed by atoms with Crippen LogP contribution >= 0.6 is 0 Å². The smallest absolute Gasteiger partial charge is 0.157 e. The van der Waals surface area contributed by atoms with Crippen LogP contribution in [0.15, 0.2) is 24.4 Å². The molecule has 0 aliphatic rings. The van der Waals surface area contributed by atoms with Crippen molar-refractivity contribution in [1.29, 1.82) is 0 Å². The lowest BCUT2D eigenvalue weighted by molar-refractivity contribution is 0.773. The lowest BCUT2D eigenvalue weighted by atomic mass is 10.2. The van der Waals surface area contributed by atoms with Gasteiger partial charge in [-0.25, -0.2) is 4.98 Å². The highest BCUT2D eigenvalue weighted by Gasteiger charge is 2.07. The molecule has 0 aromatic carbocycles. The molecule has 0 aliphatic heterocycles. The van der Waals surface area contributed by atoms with Crippen molar-refractivity contribution in [2.75, 3.05) is 5.32 Å². The molecular weight excluding hydrogens is 262 g/mol. The van der Waals surface area contributed by atoms with Gasteiger partial charge in [0, 0.05) is 30.9 Å². The highest BCUT2D eigenvalue weighted by molar-refractivity contribution is 5.78. The minimum absolute atomic E-state index is 0.725. The average molecular weight is 281 g/mol. The number of hydrogen-bond acceptors (Lipinski definition) is 4. The van der Waals surface area contributed by atoms with Crippen LogP contribution in [0.4, 0.5) is 5.69 Å². The van der Waals surface area contributed by atoms with Crippen LogP contribution in [-0.2, 0) is 13.6 Å². The van der Waals surface area contributed by atoms with Crippen LogP contribution in [-0.4, -0.2) is 19.7 Å². The summed E-state index contributed by atoms with van der Waals surface area (Å²) in [7, 11) is 1.92. The SMILES string of the molecule is Cc1ccc(NCc2cnc3c(c2)c(C)nn3C)c(C)n1. The first-order valence-electron chi connectivity index (χ1n) is 7.01. The topological polar surface area (TPSA) is 55.6 Å². The molecule has 0 atom stereocenters. The Morgan fingerprint density at radius 1 is 1.14 bits per heavy atom. The summed E-state index contributed by atoms with van der Waals surface area (Å²) in [6.07, 6.45) is 1.90. The third-order valence-electron chi connectivity index (χ3n) is 3.63. The van der Waals surface area contributed by atoms with Gasteiger partial charge in [-0.3, -0.25) is 9.67 Å². The second-order valence-electron chi connectivity index (χ2n) is 5.36. The third kappa shape index (κ3) is 2.59. The summed E-state index contributed by atoms with van der Waals surface area (Å²) in [5.74, 6) is 0. The van der Waals surface area contributed by atoms with Crippen molar-refractivity contribution < 1.29 is 0 Å². The van der Waals surface area contributed by atoms with Crippen molar-refractivity contribution in [1.82, 2.24) is 19.7 Å². The molecule has 5 nitrogen and oxygen atoms in total. The molecule has 0 unspecified atom stereocenters. The summed E-state index contributed by atoms with van der Waals surface area (Å²) in [4.78, 5) is 8.96. The van der Waals surface area contributed by atoms with Crippen LogP contribution in [0, 0.1) is 20.8 Å². The lowest BCUT2D eigenvalue weighted by Crippen LogP contribution is -2.03. The molecule has 0 fully saturated rings. The molecule has 5 heteroatoms. The van der Waals surface area contributed by atoms with Crippen LogP contribution in [0.5, 0.6) is 0 Å². The second kappa shape index (κ2) is 5.16. The molecule has 0 aliphatic carbocycles. The monoisotopic (exact) mass is 281 g/mol. The fraction of sp³-hybridized carbons (Fsp3) is 0.312. The number of aryl methyl sites for hydroxylation is 4. The van der Waals surface area contributed by atoms with Crippen molar-refractivity contribution in [3.8, 4) is 0 Å². The van der Waals surface area contributed by atoms with Gasteiger partial charge < -0.3 is 5.32 Å². The van der Waals surface area contributed by atoms with Gasteiger partial charge in [0.25, 0.3) is 0 Å². The minimum Gasteiger partial charge on any atom is -0.379 e. The quantitative estimate of drug-likeness (QED) is 0.802. The first kappa shape index (κ1) is 13.5. The van der Waals surface area contributed by atoms with Crippen LogP contribution in [0.2, 0.25) is 0 Å². The van der Waals surface area contributed by atoms with Crippen molar-refractivity contribution in [3.63, 3.8) is 0 Å². The van der Waals surface area contributed by atoms with Gasteiger partial charge in [-0.2, -0.15) is 5.10 Å². The minimum atomic E-state index is 0.725. The van der Waals surface area contributed by atoms with E-state index in [-0.39, 0.29) is 0 Å². The Morgan fingerprint density at radius 3 is 2.71 bits per heavy atom. The summed E-state index contributed by atoms with van der Waals surface area (Å²) < 4.78 is 1.82. The molecule has 3 rings (SSSR count). The molecule has 3 aromatic rings. The average Bonchev–Trinajstić information content (AvgIpc) is 2.73. The van der Waals surface area contributed by atoms with E-state index in [1.54, 1.807) is 0 Å². The molecule has 0 spiro atoms. The normalized spacial score (nSPS) is 11.0. The summed E-state index contributed by atoms with van der Waals surface area (Å²) in [6.45, 7) is 6.75. The number of anilines is 1. The van der Waals surface area contributed by atoms with E-state index in [9.17, 15) is 0 Å². The molecule has 0 saturated carbocycles. The maximum Gasteiger partial charge on any atom is 0.157 e. The molecule has 0 saturated heterocycles. The Bertz CT molecular complexity index is 804. The van der Waals surface area contributed by atoms with E-state index < -0.39 is 0 Å². The Labute approximate surface area is 124 Å². The molecule has 1 N–H and O–H groups in total. The van der Waals surface area contributed by atoms with Gasteiger partial charge in [-0.1, -0.05) is 0 Å². The first-order chi connectivity index (χ1) is 10.0. The summed E-state index contributed by atoms with van der Waals surface area (Å²) in [6, 6.07) is 6.23. The predicted octanol–water partition coefficient (Wildman–Crippen LogP) is 2.90. The van der Waals surface area contributed by atoms with Crippen LogP contribution < -0.4 is 5.32 Å². The third-order valence-corrected chi connectivity index (χ3v) is 3.63. The van der Waals surface area contributed by atoms with Gasteiger partial charge in [-0.05, 0) is 44.5 Å². The van der Waals surface area contributed by atoms with Gasteiger partial charge in [0.15, 0.2) is 5.65 Å². The Hall–Kier alpha value is -2.43. The standard InChI is InChI=1S/C16H19N5/c1-10-5-6-15(12(3)19-10)17-8-13-7-14-11(2)20-21(4)16(14)18-9-13/h5-7,9,17H,8H2,1-4H3. The van der Waals surface area contributed by atoms with Crippen molar-refractivity contribution >= 4 is 16.7 Å². The zero-order valence-electron chi connectivity index (χ0n) is 12.8. The molecule has 108 valence electrons. The van der Waals surface area contributed by atoms with E-state index in [0.717, 1.165) is 45.9 Å². The zero-order chi connectivity index (χ0) is 15.0. The molecule has 0 radical (unpaired) electrons. The first-order valence-corrected chi connectivity index (χ1v) is 7.01. The van der Waals surface area contributed by atoms with E-state index in [1.165, 1.54) is 0 Å². The lowest BCUT2D eigenvalue weighted by Gasteiger charge is -2.09. The maximum absolute atomic E-state index is 4.50. The number of hydrogen-bond donors (Lipinski definition) is 1. The van der Waals surface area contributed by atoms with Gasteiger partial charge in [0.2, 0.25) is 0 Å². The molecule has 0 bridgehead atoms. The zero-order valence-corrected chi connectivity index (χ0v) is 12.8. The molecule has 21 heavy (non-hydrogen) atoms. The summed E-state index contributed by atoms with van der Waals surface area (Å²) in [5.41, 5.74) is 6.18. The number of pyridine rings is 2. The molecule has 0 amide bonds. The van der Waals surface area contributed by atoms with Gasteiger partial charge in [-0.15, -0.1) is 0 Å². The number of rotatable bonds is 3. The van der Waals surface area contributed by atoms with Crippen LogP contribution in [0.1, 0.15) is 22.6 Å². The second-order valence-corrected chi connectivity index (χ2v) is 5.36.